The van der Waals surface area contributed by atoms with Crippen molar-refractivity contribution in [1.82, 2.24) is 9.80 Å². The van der Waals surface area contributed by atoms with E-state index in [1.807, 2.05) is 12.1 Å². The van der Waals surface area contributed by atoms with E-state index in [1.54, 1.807) is 12.1 Å². The van der Waals surface area contributed by atoms with Gasteiger partial charge in [0.25, 0.3) is 5.55 Å². The van der Waals surface area contributed by atoms with Crippen LogP contribution in [0.15, 0.2) is 33.8 Å². The molecule has 2 heterocycles. The quantitative estimate of drug-likeness (QED) is 0.325. The fourth-order valence-electron chi connectivity index (χ4n) is 3.47. The molecule has 0 bridgehead atoms. The molecule has 7 heteroatoms. The highest BCUT2D eigenvalue weighted by molar-refractivity contribution is 5.96. The Morgan fingerprint density at radius 3 is 2.61 bits per heavy atom. The Labute approximate surface area is 165 Å². The Balaban J connectivity index is 1.50. The summed E-state index contributed by atoms with van der Waals surface area (Å²) in [7, 11) is 0. The number of likely N-dealkylation sites (N-methyl/N-ethyl adjacent to an activating group) is 1. The van der Waals surface area contributed by atoms with E-state index in [2.05, 4.69) is 21.9 Å². The summed E-state index contributed by atoms with van der Waals surface area (Å²) in [5, 5.41) is 12.9. The lowest BCUT2D eigenvalue weighted by Crippen LogP contribution is -2.46. The summed E-state index contributed by atoms with van der Waals surface area (Å²) in [6.45, 7) is 11.2. The van der Waals surface area contributed by atoms with Gasteiger partial charge in [-0.15, -0.1) is 0 Å². The smallest absolute Gasteiger partial charge is 0.266 e. The minimum absolute atomic E-state index is 0.0830. The molecule has 0 aliphatic carbocycles. The molecule has 0 amide bonds. The lowest BCUT2D eigenvalue weighted by atomic mass is 10.1. The molecule has 1 aliphatic rings. The number of ketones is 1. The van der Waals surface area contributed by atoms with Crippen LogP contribution in [-0.4, -0.2) is 66.7 Å². The first-order valence-corrected chi connectivity index (χ1v) is 9.95. The molecule has 1 aliphatic heterocycles. The highest BCUT2D eigenvalue weighted by Gasteiger charge is 2.14. The molecule has 3 rings (SSSR count). The van der Waals surface area contributed by atoms with Crippen molar-refractivity contribution in [3.63, 3.8) is 0 Å². The zero-order valence-corrected chi connectivity index (χ0v) is 16.7. The van der Waals surface area contributed by atoms with Gasteiger partial charge in [0.1, 0.15) is 11.3 Å². The van der Waals surface area contributed by atoms with Gasteiger partial charge in [-0.2, -0.15) is 0 Å². The van der Waals surface area contributed by atoms with Gasteiger partial charge in [-0.25, -0.2) is 0 Å². The summed E-state index contributed by atoms with van der Waals surface area (Å²) in [6.07, 6.45) is 2.10. The van der Waals surface area contributed by atoms with Gasteiger partial charge < -0.3 is 24.2 Å². The maximum Gasteiger partial charge on any atom is 0.266 e. The first-order valence-electron chi connectivity index (χ1n) is 9.95. The first-order chi connectivity index (χ1) is 13.6. The van der Waals surface area contributed by atoms with Gasteiger partial charge in [0, 0.05) is 37.6 Å². The van der Waals surface area contributed by atoms with Crippen LogP contribution in [0.2, 0.25) is 0 Å². The van der Waals surface area contributed by atoms with Crippen molar-refractivity contribution in [3.8, 4) is 5.75 Å². The van der Waals surface area contributed by atoms with Gasteiger partial charge in [0.15, 0.2) is 5.78 Å². The van der Waals surface area contributed by atoms with Crippen molar-refractivity contribution < 1.29 is 19.2 Å². The van der Waals surface area contributed by atoms with Crippen LogP contribution in [0, 0.1) is 0 Å². The first kappa shape index (κ1) is 20.4. The van der Waals surface area contributed by atoms with Crippen LogP contribution in [0.25, 0.3) is 11.0 Å². The molecule has 1 aromatic heterocycles. The Morgan fingerprint density at radius 2 is 1.93 bits per heavy atom. The maximum absolute atomic E-state index is 11.6. The van der Waals surface area contributed by atoms with Gasteiger partial charge >= 0.3 is 0 Å². The van der Waals surface area contributed by atoms with Crippen LogP contribution in [0.5, 0.6) is 5.75 Å². The number of nitrogens with zero attached hydrogens (tertiary/aromatic N) is 3. The van der Waals surface area contributed by atoms with Gasteiger partial charge in [-0.05, 0) is 56.2 Å². The topological polar surface area (TPSA) is 78.5 Å². The molecule has 28 heavy (non-hydrogen) atoms. The maximum atomic E-state index is 11.6. The van der Waals surface area contributed by atoms with E-state index in [9.17, 15) is 4.79 Å². The zero-order valence-electron chi connectivity index (χ0n) is 16.7. The Hall–Kier alpha value is -2.38. The fraction of sp³-hybridized carbons (Fsp3) is 0.524. The predicted octanol–water partition coefficient (Wildman–Crippen LogP) is 2.72. The van der Waals surface area contributed by atoms with Gasteiger partial charge in [0.05, 0.1) is 12.2 Å². The Bertz CT molecular complexity index is 870. The Morgan fingerprint density at radius 1 is 1.18 bits per heavy atom. The van der Waals surface area contributed by atoms with Crippen LogP contribution < -0.4 is 10.3 Å². The molecule has 152 valence electrons. The largest absolute Gasteiger partial charge is 0.493 e. The number of ether oxygens (including phenoxy) is 1. The number of hydrogen-bond acceptors (Lipinski definition) is 7. The molecule has 1 aromatic carbocycles. The third-order valence-corrected chi connectivity index (χ3v) is 5.24. The van der Waals surface area contributed by atoms with Gasteiger partial charge in [-0.3, -0.25) is 4.79 Å². The van der Waals surface area contributed by atoms with Crippen LogP contribution >= 0.6 is 0 Å². The van der Waals surface area contributed by atoms with Crippen LogP contribution in [0.1, 0.15) is 37.0 Å². The standard InChI is InChI=1S/C21H29N3O4/c1-3-23-9-11-24(12-10-23)8-4-5-13-27-18-7-6-17-14-19(16(2)25)21(22-26)28-20(17)15-18/h6-7,14-15,26H,3-5,8-13H2,1-2H3. The number of benzene rings is 1. The van der Waals surface area contributed by atoms with Crippen molar-refractivity contribution in [2.24, 2.45) is 5.16 Å². The third-order valence-electron chi connectivity index (χ3n) is 5.24. The van der Waals surface area contributed by atoms with Crippen molar-refractivity contribution in [2.75, 3.05) is 45.9 Å². The highest BCUT2D eigenvalue weighted by Crippen LogP contribution is 2.21. The summed E-state index contributed by atoms with van der Waals surface area (Å²) in [6, 6.07) is 7.13. The predicted molar refractivity (Wildman–Crippen MR) is 107 cm³/mol. The monoisotopic (exact) mass is 387 g/mol. The van der Waals surface area contributed by atoms with E-state index < -0.39 is 0 Å². The van der Waals surface area contributed by atoms with Crippen molar-refractivity contribution in [2.45, 2.75) is 26.7 Å². The minimum atomic E-state index is -0.213. The molecular formula is C21H29N3O4. The second-order valence-corrected chi connectivity index (χ2v) is 7.15. The number of hydrogen-bond donors (Lipinski definition) is 1. The molecule has 0 radical (unpaired) electrons. The van der Waals surface area contributed by atoms with Crippen molar-refractivity contribution in [1.29, 1.82) is 0 Å². The summed E-state index contributed by atoms with van der Waals surface area (Å²) < 4.78 is 11.4. The van der Waals surface area contributed by atoms with E-state index in [0.29, 0.717) is 17.9 Å². The minimum Gasteiger partial charge on any atom is -0.493 e. The third kappa shape index (κ3) is 5.11. The number of carbonyl (C=O) groups excluding carboxylic acids is 1. The van der Waals surface area contributed by atoms with Crippen molar-refractivity contribution >= 4 is 16.8 Å². The number of carbonyl (C=O) groups is 1. The van der Waals surface area contributed by atoms with Crippen LogP contribution in [-0.2, 0) is 0 Å². The number of Topliss-reactive ketones (excluding diaryl/α,β-unsaturated/α-hetero) is 1. The molecule has 0 unspecified atom stereocenters. The van der Waals surface area contributed by atoms with Gasteiger partial charge in [-0.1, -0.05) is 6.92 Å². The molecule has 2 aromatic rings. The molecule has 0 spiro atoms. The van der Waals surface area contributed by atoms with Crippen molar-refractivity contribution in [3.05, 3.63) is 35.4 Å². The zero-order chi connectivity index (χ0) is 19.9. The molecule has 1 saturated heterocycles. The lowest BCUT2D eigenvalue weighted by Gasteiger charge is -2.33. The molecule has 1 fully saturated rings. The van der Waals surface area contributed by atoms with E-state index in [-0.39, 0.29) is 16.9 Å². The molecular weight excluding hydrogens is 358 g/mol. The van der Waals surface area contributed by atoms with Gasteiger partial charge in [0.2, 0.25) is 0 Å². The highest BCUT2D eigenvalue weighted by atomic mass is 16.5. The Kier molecular flexibility index (Phi) is 7.06. The summed E-state index contributed by atoms with van der Waals surface area (Å²) in [5.74, 6) is 0.488. The summed E-state index contributed by atoms with van der Waals surface area (Å²) in [4.78, 5) is 16.6. The summed E-state index contributed by atoms with van der Waals surface area (Å²) >= 11 is 0. The van der Waals surface area contributed by atoms with E-state index in [0.717, 1.165) is 44.4 Å². The second kappa shape index (κ2) is 9.71. The molecule has 1 N–H and O–H groups in total. The average Bonchev–Trinajstić information content (AvgIpc) is 2.72. The summed E-state index contributed by atoms with van der Waals surface area (Å²) in [5.41, 5.74) is 0.688. The molecule has 0 atom stereocenters. The van der Waals surface area contributed by atoms with E-state index in [4.69, 9.17) is 14.4 Å². The lowest BCUT2D eigenvalue weighted by molar-refractivity contribution is 0.101. The number of unbranched alkanes of at least 4 members (excludes halogenated alkanes) is 1. The molecule has 0 saturated carbocycles. The van der Waals surface area contributed by atoms with E-state index >= 15 is 0 Å². The van der Waals surface area contributed by atoms with Crippen LogP contribution in [0.4, 0.5) is 0 Å². The average molecular weight is 387 g/mol. The second-order valence-electron chi connectivity index (χ2n) is 7.15. The van der Waals surface area contributed by atoms with E-state index in [1.165, 1.54) is 20.0 Å². The number of rotatable bonds is 8. The van der Waals surface area contributed by atoms with Crippen LogP contribution in [0.3, 0.4) is 0 Å². The SMILES string of the molecule is CCN1CCN(CCCCOc2ccc3cc(C(C)=O)c(=NO)oc3c2)CC1. The number of piperazine rings is 1. The normalized spacial score (nSPS) is 16.6. The molecule has 7 nitrogen and oxygen atoms in total. The number of fused-ring (bicyclic) bond motifs is 1. The fourth-order valence-corrected chi connectivity index (χ4v) is 3.47.